The van der Waals surface area contributed by atoms with Crippen LogP contribution in [0.4, 0.5) is 22.7 Å². The standard InChI is InChI=1S/C38H46N8O2.C24H16N2O4.C7H17N3/c1-43-15-19-45(20-16-43)13-11-39-37(47)29-7-9-33-31(23-29)25-35(41-33)27-3-5-28(6-4-27)36-26-32-24-30(8-10-34(32)42-36)38(48)40-12-14-46-21-17-44(2)18-22-46;27-23(28)15-5-7-19-17(9-15)11-21(25-19)13-1-2-14(4-3-13)22-12-18-10-16(24(29)30)6-8-20(18)26-22;1-9-4-6-10(3-2-8)7-5-9/h3-10,23-24H,11-22,25-26H2,1-2H3,(H,39,47)(H,40,48);1-10H,11-12H2,(H,27,28)(H,29,30);2-8H2,1H3. The molecule has 0 saturated carbocycles. The maximum atomic E-state index is 12.9. The average molecular weight is 1190 g/mol. The Morgan fingerprint density at radius 2 is 0.648 bits per heavy atom. The maximum absolute atomic E-state index is 12.9. The summed E-state index contributed by atoms with van der Waals surface area (Å²) in [5.41, 5.74) is 22.7. The lowest BCUT2D eigenvalue weighted by Crippen LogP contribution is -2.46. The predicted molar refractivity (Wildman–Crippen MR) is 348 cm³/mol. The number of aromatic carboxylic acids is 2. The van der Waals surface area contributed by atoms with Crippen LogP contribution in [0, 0.1) is 0 Å². The summed E-state index contributed by atoms with van der Waals surface area (Å²) >= 11 is 0. The number of nitrogens with zero attached hydrogens (tertiary/aromatic N) is 10. The molecule has 6 aromatic rings. The van der Waals surface area contributed by atoms with Gasteiger partial charge in [0.05, 0.1) is 56.7 Å². The second-order valence-corrected chi connectivity index (χ2v) is 23.8. The molecule has 2 amide bonds. The number of hydrogen-bond acceptors (Lipinski definition) is 15. The topological polar surface area (TPSA) is 228 Å². The molecule has 0 atom stereocenters. The van der Waals surface area contributed by atoms with Crippen LogP contribution < -0.4 is 16.4 Å². The van der Waals surface area contributed by atoms with E-state index in [0.717, 1.165) is 169 Å². The molecule has 0 bridgehead atoms. The second kappa shape index (κ2) is 28.2. The van der Waals surface area contributed by atoms with Gasteiger partial charge in [0.1, 0.15) is 0 Å². The van der Waals surface area contributed by atoms with Gasteiger partial charge in [0.15, 0.2) is 0 Å². The largest absolute Gasteiger partial charge is 0.478 e. The van der Waals surface area contributed by atoms with Crippen LogP contribution >= 0.6 is 0 Å². The number of rotatable bonds is 16. The van der Waals surface area contributed by atoms with Gasteiger partial charge in [-0.05, 0) is 138 Å². The van der Waals surface area contributed by atoms with E-state index in [4.69, 9.17) is 25.9 Å². The number of carbonyl (C=O) groups is 4. The number of carboxylic acid groups (broad SMARTS) is 2. The van der Waals surface area contributed by atoms with Crippen LogP contribution in [0.25, 0.3) is 0 Å². The van der Waals surface area contributed by atoms with E-state index in [1.54, 1.807) is 36.4 Å². The smallest absolute Gasteiger partial charge is 0.335 e. The minimum atomic E-state index is -0.940. The molecule has 19 nitrogen and oxygen atoms in total. The third-order valence-electron chi connectivity index (χ3n) is 17.6. The van der Waals surface area contributed by atoms with Crippen LogP contribution in [0.15, 0.2) is 141 Å². The number of nitrogens with two attached hydrogens (primary N) is 1. The van der Waals surface area contributed by atoms with Crippen LogP contribution in [0.5, 0.6) is 0 Å². The van der Waals surface area contributed by atoms with Gasteiger partial charge >= 0.3 is 11.9 Å². The average Bonchev–Trinajstić information content (AvgIpc) is 3.43. The van der Waals surface area contributed by atoms with Crippen molar-refractivity contribution >= 4 is 69.3 Å². The van der Waals surface area contributed by atoms with E-state index in [9.17, 15) is 19.2 Å². The van der Waals surface area contributed by atoms with Gasteiger partial charge in [-0.3, -0.25) is 44.3 Å². The van der Waals surface area contributed by atoms with Gasteiger partial charge in [-0.2, -0.15) is 0 Å². The highest BCUT2D eigenvalue weighted by Crippen LogP contribution is 2.34. The number of aliphatic imine (C=N–C) groups is 4. The van der Waals surface area contributed by atoms with Crippen molar-refractivity contribution in [3.05, 3.63) is 188 Å². The molecule has 0 aliphatic carbocycles. The van der Waals surface area contributed by atoms with Gasteiger partial charge in [0.2, 0.25) is 0 Å². The van der Waals surface area contributed by atoms with Crippen molar-refractivity contribution in [3.63, 3.8) is 0 Å². The molecule has 0 unspecified atom stereocenters. The predicted octanol–water partition coefficient (Wildman–Crippen LogP) is 6.62. The quantitative estimate of drug-likeness (QED) is 0.0687. The molecule has 0 aromatic heterocycles. The van der Waals surface area contributed by atoms with Crippen LogP contribution in [0.3, 0.4) is 0 Å². The second-order valence-electron chi connectivity index (χ2n) is 23.8. The number of carboxylic acids is 2. The van der Waals surface area contributed by atoms with Crippen molar-refractivity contribution in [3.8, 4) is 0 Å². The van der Waals surface area contributed by atoms with E-state index in [1.807, 2.05) is 60.7 Å². The van der Waals surface area contributed by atoms with Crippen molar-refractivity contribution in [2.75, 3.05) is 139 Å². The van der Waals surface area contributed by atoms with Gasteiger partial charge in [-0.25, -0.2) is 9.59 Å². The molecule has 0 radical (unpaired) electrons. The molecule has 7 heterocycles. The lowest BCUT2D eigenvalue weighted by Gasteiger charge is -2.32. The Morgan fingerprint density at radius 3 is 0.920 bits per heavy atom. The maximum Gasteiger partial charge on any atom is 0.335 e. The van der Waals surface area contributed by atoms with Gasteiger partial charge in [-0.1, -0.05) is 48.5 Å². The van der Waals surface area contributed by atoms with Crippen LogP contribution in [-0.4, -0.2) is 225 Å². The molecular formula is C69H79N13O6. The summed E-state index contributed by atoms with van der Waals surface area (Å²) in [4.78, 5) is 81.4. The monoisotopic (exact) mass is 1190 g/mol. The van der Waals surface area contributed by atoms with Crippen molar-refractivity contribution in [2.45, 2.75) is 25.7 Å². The zero-order valence-electron chi connectivity index (χ0n) is 50.7. The van der Waals surface area contributed by atoms with E-state index in [2.05, 4.69) is 95.4 Å². The van der Waals surface area contributed by atoms with Crippen LogP contribution in [0.1, 0.15) is 85.9 Å². The number of carbonyl (C=O) groups excluding carboxylic acids is 2. The highest BCUT2D eigenvalue weighted by molar-refractivity contribution is 6.11. The minimum Gasteiger partial charge on any atom is -0.478 e. The Hall–Kier alpha value is -8.40. The van der Waals surface area contributed by atoms with Crippen molar-refractivity contribution in [1.29, 1.82) is 0 Å². The normalized spacial score (nSPS) is 17.6. The van der Waals surface area contributed by atoms with E-state index < -0.39 is 11.9 Å². The molecule has 19 heteroatoms. The Morgan fingerprint density at radius 1 is 0.386 bits per heavy atom. The number of likely N-dealkylation sites (N-methyl/N-ethyl adjacent to an activating group) is 3. The number of benzene rings is 6. The highest BCUT2D eigenvalue weighted by atomic mass is 16.4. The third kappa shape index (κ3) is 15.3. The molecule has 88 heavy (non-hydrogen) atoms. The molecule has 3 fully saturated rings. The Labute approximate surface area is 515 Å². The van der Waals surface area contributed by atoms with Crippen LogP contribution in [-0.2, 0) is 25.7 Å². The first-order valence-electron chi connectivity index (χ1n) is 30.7. The molecule has 0 spiro atoms. The SMILES string of the molecule is CN1CCN(CCN)CC1.CN1CCN(CCNC(=O)c2ccc3c(c2)CC(c2ccc(C4=Nc5ccc(C(=O)NCCN6CCN(C)CC6)cc5C4)cc2)=N3)CC1.O=C(O)c1ccc2c(c1)CC(c1ccc(C3=Nc4ccc(C(=O)O)cc4C3)cc1)=N2. The molecule has 7 aliphatic rings. The fourth-order valence-electron chi connectivity index (χ4n) is 12.0. The van der Waals surface area contributed by atoms with Crippen LogP contribution in [0.2, 0.25) is 0 Å². The van der Waals surface area contributed by atoms with Gasteiger partial charge in [0.25, 0.3) is 11.8 Å². The van der Waals surface area contributed by atoms with Crippen molar-refractivity contribution in [2.24, 2.45) is 25.7 Å². The fraction of sp³-hybridized carbons (Fsp3) is 0.362. The van der Waals surface area contributed by atoms with Gasteiger partial charge in [-0.15, -0.1) is 0 Å². The van der Waals surface area contributed by atoms with E-state index >= 15 is 0 Å². The number of amides is 2. The fourth-order valence-corrected chi connectivity index (χ4v) is 12.0. The molecule has 6 N–H and O–H groups in total. The van der Waals surface area contributed by atoms with Gasteiger partial charge < -0.3 is 41.3 Å². The van der Waals surface area contributed by atoms with Crippen molar-refractivity contribution < 1.29 is 29.4 Å². The summed E-state index contributed by atoms with van der Waals surface area (Å²) in [6, 6.07) is 38.0. The van der Waals surface area contributed by atoms with Gasteiger partial charge in [0, 0.05) is 155 Å². The first-order chi connectivity index (χ1) is 42.7. The first kappa shape index (κ1) is 61.3. The molecule has 456 valence electrons. The van der Waals surface area contributed by atoms with Crippen molar-refractivity contribution in [1.82, 2.24) is 40.0 Å². The molecular weight excluding hydrogens is 1110 g/mol. The lowest BCUT2D eigenvalue weighted by atomic mass is 9.98. The molecule has 6 aromatic carbocycles. The molecule has 13 rings (SSSR count). The summed E-state index contributed by atoms with van der Waals surface area (Å²) in [6.45, 7) is 18.2. The number of piperazine rings is 3. The molecule has 7 aliphatic heterocycles. The number of nitrogens with one attached hydrogen (secondary N) is 2. The summed E-state index contributed by atoms with van der Waals surface area (Å²) in [7, 11) is 6.47. The van der Waals surface area contributed by atoms with E-state index in [-0.39, 0.29) is 22.9 Å². The molecule has 3 saturated heterocycles. The lowest BCUT2D eigenvalue weighted by molar-refractivity contribution is 0.0686. The first-order valence-corrected chi connectivity index (χ1v) is 30.7. The summed E-state index contributed by atoms with van der Waals surface area (Å²) in [6.07, 6.45) is 2.59. The number of fused-ring (bicyclic) bond motifs is 4. The summed E-state index contributed by atoms with van der Waals surface area (Å²) < 4.78 is 0. The highest BCUT2D eigenvalue weighted by Gasteiger charge is 2.25. The third-order valence-corrected chi connectivity index (χ3v) is 17.6. The zero-order valence-corrected chi connectivity index (χ0v) is 50.7. The summed E-state index contributed by atoms with van der Waals surface area (Å²) in [5, 5.41) is 24.5. The minimum absolute atomic E-state index is 0.0305. The Kier molecular flexibility index (Phi) is 19.6. The van der Waals surface area contributed by atoms with E-state index in [1.165, 1.54) is 26.2 Å². The Balaban J connectivity index is 0.000000169. The zero-order chi connectivity index (χ0) is 61.3. The summed E-state index contributed by atoms with van der Waals surface area (Å²) in [5.74, 6) is -1.94. The number of hydrogen-bond donors (Lipinski definition) is 5. The Bertz CT molecular complexity index is 3460. The van der Waals surface area contributed by atoms with E-state index in [0.29, 0.717) is 49.9 Å².